The average molecular weight is 365 g/mol. The highest BCUT2D eigenvalue weighted by Crippen LogP contribution is 2.25. The molecule has 0 atom stereocenters. The molecule has 0 spiro atoms. The molecule has 5 nitrogen and oxygen atoms in total. The first-order valence-electron chi connectivity index (χ1n) is 9.21. The fourth-order valence-electron chi connectivity index (χ4n) is 3.51. The Labute approximate surface area is 162 Å². The summed E-state index contributed by atoms with van der Waals surface area (Å²) in [6, 6.07) is 18.4. The molecule has 0 radical (unpaired) electrons. The third-order valence-corrected chi connectivity index (χ3v) is 5.13. The highest BCUT2D eigenvalue weighted by Gasteiger charge is 2.09. The van der Waals surface area contributed by atoms with E-state index in [9.17, 15) is 0 Å². The molecule has 0 saturated heterocycles. The first kappa shape index (κ1) is 16.4. The van der Waals surface area contributed by atoms with Gasteiger partial charge in [0.1, 0.15) is 0 Å². The second-order valence-corrected chi connectivity index (χ2v) is 6.94. The fraction of sp³-hybridized carbons (Fsp3) is 0.0870. The summed E-state index contributed by atoms with van der Waals surface area (Å²) in [5.74, 6) is 0.732. The molecule has 0 amide bonds. The molecule has 5 rings (SSSR count). The number of hydrogen-bond donors (Lipinski definition) is 1. The van der Waals surface area contributed by atoms with E-state index in [1.165, 1.54) is 11.1 Å². The molecular weight excluding hydrogens is 346 g/mol. The number of fused-ring (bicyclic) bond motifs is 4. The van der Waals surface area contributed by atoms with Crippen LogP contribution in [0, 0.1) is 13.8 Å². The normalized spacial score (nSPS) is 11.8. The molecular formula is C23H19N5. The van der Waals surface area contributed by atoms with Crippen molar-refractivity contribution in [1.82, 2.24) is 14.4 Å². The molecule has 0 aliphatic heterocycles. The van der Waals surface area contributed by atoms with Crippen molar-refractivity contribution in [3.63, 3.8) is 0 Å². The first-order chi connectivity index (χ1) is 13.7. The van der Waals surface area contributed by atoms with Gasteiger partial charge in [-0.2, -0.15) is 5.10 Å². The topological polar surface area (TPSA) is 54.6 Å². The van der Waals surface area contributed by atoms with E-state index in [1.807, 2.05) is 48.7 Å². The number of nitrogens with one attached hydrogen (secondary N) is 1. The van der Waals surface area contributed by atoms with Crippen LogP contribution >= 0.6 is 0 Å². The largest absolute Gasteiger partial charge is 0.312 e. The highest BCUT2D eigenvalue weighted by atomic mass is 15.3. The SMILES string of the molecule is Cc1cc2nc(N/N=C/c3ccnc4ccccc34)c3cccn3c2cc1C. The number of rotatable bonds is 3. The Morgan fingerprint density at radius 3 is 2.71 bits per heavy atom. The Morgan fingerprint density at radius 1 is 0.929 bits per heavy atom. The summed E-state index contributed by atoms with van der Waals surface area (Å²) in [6.07, 6.45) is 5.67. The smallest absolute Gasteiger partial charge is 0.171 e. The zero-order valence-electron chi connectivity index (χ0n) is 15.7. The second-order valence-electron chi connectivity index (χ2n) is 6.94. The Balaban J connectivity index is 1.56. The number of hydrogen-bond acceptors (Lipinski definition) is 4. The zero-order chi connectivity index (χ0) is 19.1. The monoisotopic (exact) mass is 365 g/mol. The Morgan fingerprint density at radius 2 is 1.79 bits per heavy atom. The molecule has 5 heteroatoms. The zero-order valence-corrected chi connectivity index (χ0v) is 15.7. The molecule has 136 valence electrons. The Hall–Kier alpha value is -3.73. The number of nitrogens with zero attached hydrogens (tertiary/aromatic N) is 4. The van der Waals surface area contributed by atoms with Gasteiger partial charge in [0.25, 0.3) is 0 Å². The lowest BCUT2D eigenvalue weighted by molar-refractivity contribution is 1.18. The summed E-state index contributed by atoms with van der Waals surface area (Å²) in [4.78, 5) is 9.21. The average Bonchev–Trinajstić information content (AvgIpc) is 3.20. The molecule has 0 unspecified atom stereocenters. The van der Waals surface area contributed by atoms with Crippen molar-refractivity contribution in [3.8, 4) is 0 Å². The highest BCUT2D eigenvalue weighted by molar-refractivity contribution is 5.98. The molecule has 28 heavy (non-hydrogen) atoms. The number of benzene rings is 2. The fourth-order valence-corrected chi connectivity index (χ4v) is 3.51. The van der Waals surface area contributed by atoms with Crippen molar-refractivity contribution in [1.29, 1.82) is 0 Å². The number of para-hydroxylation sites is 1. The van der Waals surface area contributed by atoms with Gasteiger partial charge in [0, 0.05) is 23.3 Å². The van der Waals surface area contributed by atoms with Crippen molar-refractivity contribution < 1.29 is 0 Å². The maximum absolute atomic E-state index is 4.81. The van der Waals surface area contributed by atoms with Crippen LogP contribution < -0.4 is 5.43 Å². The minimum absolute atomic E-state index is 0.732. The van der Waals surface area contributed by atoms with E-state index in [0.29, 0.717) is 0 Å². The minimum atomic E-state index is 0.732. The van der Waals surface area contributed by atoms with Crippen LogP contribution in [0.2, 0.25) is 0 Å². The van der Waals surface area contributed by atoms with E-state index in [2.05, 4.69) is 52.1 Å². The lowest BCUT2D eigenvalue weighted by Gasteiger charge is -2.10. The lowest BCUT2D eigenvalue weighted by atomic mass is 10.1. The third kappa shape index (κ3) is 2.68. The molecule has 3 heterocycles. The molecule has 0 fully saturated rings. The van der Waals surface area contributed by atoms with Gasteiger partial charge in [0.05, 0.1) is 28.3 Å². The van der Waals surface area contributed by atoms with E-state index >= 15 is 0 Å². The van der Waals surface area contributed by atoms with Crippen LogP contribution in [0.5, 0.6) is 0 Å². The summed E-state index contributed by atoms with van der Waals surface area (Å²) in [6.45, 7) is 4.23. The Kier molecular flexibility index (Phi) is 3.79. The van der Waals surface area contributed by atoms with Crippen LogP contribution in [0.25, 0.3) is 27.5 Å². The first-order valence-corrected chi connectivity index (χ1v) is 9.21. The van der Waals surface area contributed by atoms with Gasteiger partial charge in [-0.1, -0.05) is 18.2 Å². The minimum Gasteiger partial charge on any atom is -0.312 e. The molecule has 2 aromatic carbocycles. The number of aromatic nitrogens is 3. The van der Waals surface area contributed by atoms with Crippen molar-refractivity contribution in [2.24, 2.45) is 5.10 Å². The van der Waals surface area contributed by atoms with Gasteiger partial charge in [0.2, 0.25) is 0 Å². The van der Waals surface area contributed by atoms with Crippen LogP contribution in [-0.2, 0) is 0 Å². The van der Waals surface area contributed by atoms with Crippen LogP contribution in [0.3, 0.4) is 0 Å². The predicted molar refractivity (Wildman–Crippen MR) is 115 cm³/mol. The number of anilines is 1. The summed E-state index contributed by atoms with van der Waals surface area (Å²) in [5, 5.41) is 5.53. The van der Waals surface area contributed by atoms with E-state index in [4.69, 9.17) is 4.98 Å². The van der Waals surface area contributed by atoms with Gasteiger partial charge in [0.15, 0.2) is 5.82 Å². The van der Waals surface area contributed by atoms with Crippen molar-refractivity contribution in [2.75, 3.05) is 5.43 Å². The summed E-state index contributed by atoms with van der Waals surface area (Å²) >= 11 is 0. The van der Waals surface area contributed by atoms with Gasteiger partial charge in [-0.15, -0.1) is 0 Å². The maximum atomic E-state index is 4.81. The van der Waals surface area contributed by atoms with Crippen molar-refractivity contribution >= 4 is 39.5 Å². The van der Waals surface area contributed by atoms with Crippen LogP contribution in [0.15, 0.2) is 72.1 Å². The second kappa shape index (κ2) is 6.46. The van der Waals surface area contributed by atoms with Gasteiger partial charge in [-0.05, 0) is 61.4 Å². The molecule has 0 aliphatic carbocycles. The van der Waals surface area contributed by atoms with Crippen LogP contribution in [-0.4, -0.2) is 20.6 Å². The van der Waals surface area contributed by atoms with Gasteiger partial charge in [-0.3, -0.25) is 10.4 Å². The number of pyridine rings is 1. The van der Waals surface area contributed by atoms with E-state index < -0.39 is 0 Å². The Bertz CT molecular complexity index is 1360. The lowest BCUT2D eigenvalue weighted by Crippen LogP contribution is -2.00. The van der Waals surface area contributed by atoms with Crippen LogP contribution in [0.4, 0.5) is 5.82 Å². The summed E-state index contributed by atoms with van der Waals surface area (Å²) < 4.78 is 2.15. The molecule has 0 bridgehead atoms. The van der Waals surface area contributed by atoms with E-state index in [-0.39, 0.29) is 0 Å². The predicted octanol–water partition coefficient (Wildman–Crippen LogP) is 5.10. The molecule has 3 aromatic heterocycles. The standard InChI is InChI=1S/C23H19N5/c1-15-12-20-22(13-16(15)2)28-11-5-8-21(28)23(26-20)27-25-14-17-9-10-24-19-7-4-3-6-18(17)19/h3-14H,1-2H3,(H,26,27)/b25-14+. The van der Waals surface area contributed by atoms with Crippen LogP contribution in [0.1, 0.15) is 16.7 Å². The van der Waals surface area contributed by atoms with Gasteiger partial charge >= 0.3 is 0 Å². The van der Waals surface area contributed by atoms with Crippen molar-refractivity contribution in [3.05, 3.63) is 83.7 Å². The quantitative estimate of drug-likeness (QED) is 0.357. The number of hydrazone groups is 1. The van der Waals surface area contributed by atoms with Gasteiger partial charge in [-0.25, -0.2) is 4.98 Å². The molecule has 1 N–H and O–H groups in total. The van der Waals surface area contributed by atoms with E-state index in [0.717, 1.165) is 38.8 Å². The van der Waals surface area contributed by atoms with Gasteiger partial charge < -0.3 is 4.40 Å². The van der Waals surface area contributed by atoms with E-state index in [1.54, 1.807) is 6.20 Å². The molecule has 0 saturated carbocycles. The molecule has 0 aliphatic rings. The maximum Gasteiger partial charge on any atom is 0.171 e. The van der Waals surface area contributed by atoms with Crippen molar-refractivity contribution in [2.45, 2.75) is 13.8 Å². The third-order valence-electron chi connectivity index (χ3n) is 5.13. The summed E-state index contributed by atoms with van der Waals surface area (Å²) in [7, 11) is 0. The molecule has 5 aromatic rings. The number of aryl methyl sites for hydroxylation is 2. The summed E-state index contributed by atoms with van der Waals surface area (Å²) in [5.41, 5.74) is 10.6.